The molecule has 3 aromatic rings. The van der Waals surface area contributed by atoms with E-state index in [-0.39, 0.29) is 5.91 Å². The molecule has 1 aliphatic rings. The van der Waals surface area contributed by atoms with Gasteiger partial charge in [0, 0.05) is 32.3 Å². The second-order valence-electron chi connectivity index (χ2n) is 6.42. The number of amides is 1. The van der Waals surface area contributed by atoms with Gasteiger partial charge in [-0.2, -0.15) is 0 Å². The minimum absolute atomic E-state index is 0.0618. The van der Waals surface area contributed by atoms with Crippen molar-refractivity contribution in [3.63, 3.8) is 0 Å². The Hall–Kier alpha value is -2.51. The molecule has 1 fully saturated rings. The monoisotopic (exact) mass is 396 g/mol. The first-order chi connectivity index (χ1) is 13.2. The fourth-order valence-corrected chi connectivity index (χ4v) is 4.60. The molecule has 138 valence electrons. The van der Waals surface area contributed by atoms with E-state index in [1.807, 2.05) is 34.6 Å². The third kappa shape index (κ3) is 4.26. The SMILES string of the molecule is Cc1ccc(/C=C/C(=O)N2CCN(c3nnc(-c4cccs4)s3)CC2)cc1. The minimum Gasteiger partial charge on any atom is -0.343 e. The smallest absolute Gasteiger partial charge is 0.246 e. The van der Waals surface area contributed by atoms with Crippen molar-refractivity contribution in [2.75, 3.05) is 31.1 Å². The number of anilines is 1. The Balaban J connectivity index is 1.33. The predicted octanol–water partition coefficient (Wildman–Crippen LogP) is 3.94. The van der Waals surface area contributed by atoms with Crippen LogP contribution in [0.5, 0.6) is 0 Å². The number of aromatic nitrogens is 2. The summed E-state index contributed by atoms with van der Waals surface area (Å²) < 4.78 is 0. The van der Waals surface area contributed by atoms with Crippen molar-refractivity contribution in [2.24, 2.45) is 0 Å². The number of carbonyl (C=O) groups is 1. The summed E-state index contributed by atoms with van der Waals surface area (Å²) >= 11 is 3.29. The average molecular weight is 397 g/mol. The van der Waals surface area contributed by atoms with Crippen molar-refractivity contribution in [1.82, 2.24) is 15.1 Å². The zero-order chi connectivity index (χ0) is 18.6. The van der Waals surface area contributed by atoms with Gasteiger partial charge < -0.3 is 9.80 Å². The minimum atomic E-state index is 0.0618. The van der Waals surface area contributed by atoms with Crippen molar-refractivity contribution < 1.29 is 4.79 Å². The summed E-state index contributed by atoms with van der Waals surface area (Å²) in [6, 6.07) is 12.2. The molecule has 0 bridgehead atoms. The number of hydrogen-bond donors (Lipinski definition) is 0. The van der Waals surface area contributed by atoms with E-state index >= 15 is 0 Å². The van der Waals surface area contributed by atoms with Crippen LogP contribution >= 0.6 is 22.7 Å². The Morgan fingerprint density at radius 3 is 2.56 bits per heavy atom. The highest BCUT2D eigenvalue weighted by atomic mass is 32.1. The van der Waals surface area contributed by atoms with Crippen LogP contribution in [0.2, 0.25) is 0 Å². The number of hydrogen-bond acceptors (Lipinski definition) is 6. The fraction of sp³-hybridized carbons (Fsp3) is 0.250. The van der Waals surface area contributed by atoms with E-state index in [9.17, 15) is 4.79 Å². The van der Waals surface area contributed by atoms with Gasteiger partial charge in [0.1, 0.15) is 0 Å². The number of carbonyl (C=O) groups excluding carboxylic acids is 1. The molecule has 1 aromatic carbocycles. The van der Waals surface area contributed by atoms with Crippen molar-refractivity contribution in [3.05, 3.63) is 59.0 Å². The van der Waals surface area contributed by atoms with Crippen molar-refractivity contribution in [3.8, 4) is 9.88 Å². The first kappa shape index (κ1) is 17.9. The Morgan fingerprint density at radius 1 is 1.07 bits per heavy atom. The van der Waals surface area contributed by atoms with Crippen LogP contribution in [-0.2, 0) is 4.79 Å². The van der Waals surface area contributed by atoms with Gasteiger partial charge in [-0.25, -0.2) is 0 Å². The summed E-state index contributed by atoms with van der Waals surface area (Å²) in [5.74, 6) is 0.0618. The van der Waals surface area contributed by atoms with E-state index < -0.39 is 0 Å². The van der Waals surface area contributed by atoms with Crippen LogP contribution in [0.1, 0.15) is 11.1 Å². The normalized spacial score (nSPS) is 14.9. The third-order valence-electron chi connectivity index (χ3n) is 4.50. The molecule has 0 saturated carbocycles. The number of piperazine rings is 1. The highest BCUT2D eigenvalue weighted by Crippen LogP contribution is 2.31. The van der Waals surface area contributed by atoms with E-state index in [2.05, 4.69) is 40.2 Å². The molecule has 1 amide bonds. The van der Waals surface area contributed by atoms with Crippen LogP contribution < -0.4 is 4.90 Å². The summed E-state index contributed by atoms with van der Waals surface area (Å²) in [6.45, 7) is 5.02. The Labute approximate surface area is 166 Å². The fourth-order valence-electron chi connectivity index (χ4n) is 2.91. The molecular formula is C20H20N4OS2. The molecule has 0 radical (unpaired) electrons. The number of thiophene rings is 1. The number of aryl methyl sites for hydroxylation is 1. The number of rotatable bonds is 4. The Bertz CT molecular complexity index is 923. The molecule has 1 saturated heterocycles. The molecule has 7 heteroatoms. The molecular weight excluding hydrogens is 376 g/mol. The third-order valence-corrected chi connectivity index (χ3v) is 6.53. The maximum absolute atomic E-state index is 12.4. The maximum atomic E-state index is 12.4. The van der Waals surface area contributed by atoms with Crippen LogP contribution in [-0.4, -0.2) is 47.2 Å². The summed E-state index contributed by atoms with van der Waals surface area (Å²) in [7, 11) is 0. The van der Waals surface area contributed by atoms with Gasteiger partial charge in [-0.15, -0.1) is 21.5 Å². The van der Waals surface area contributed by atoms with Gasteiger partial charge in [-0.05, 0) is 30.0 Å². The van der Waals surface area contributed by atoms with Crippen LogP contribution in [0.4, 0.5) is 5.13 Å². The lowest BCUT2D eigenvalue weighted by Crippen LogP contribution is -2.48. The highest BCUT2D eigenvalue weighted by Gasteiger charge is 2.22. The van der Waals surface area contributed by atoms with Gasteiger partial charge in [0.05, 0.1) is 4.88 Å². The molecule has 3 heterocycles. The Kier molecular flexibility index (Phi) is 5.31. The van der Waals surface area contributed by atoms with Crippen LogP contribution in [0.3, 0.4) is 0 Å². The quantitative estimate of drug-likeness (QED) is 0.627. The van der Waals surface area contributed by atoms with Gasteiger partial charge >= 0.3 is 0 Å². The van der Waals surface area contributed by atoms with Crippen LogP contribution in [0.25, 0.3) is 16.0 Å². The highest BCUT2D eigenvalue weighted by molar-refractivity contribution is 7.22. The molecule has 0 spiro atoms. The lowest BCUT2D eigenvalue weighted by atomic mass is 10.1. The zero-order valence-electron chi connectivity index (χ0n) is 15.0. The maximum Gasteiger partial charge on any atom is 0.246 e. The molecule has 0 unspecified atom stereocenters. The second-order valence-corrected chi connectivity index (χ2v) is 8.33. The summed E-state index contributed by atoms with van der Waals surface area (Å²) in [5, 5.41) is 12.6. The van der Waals surface area contributed by atoms with E-state index in [0.29, 0.717) is 13.1 Å². The van der Waals surface area contributed by atoms with E-state index in [0.717, 1.165) is 33.7 Å². The number of nitrogens with zero attached hydrogens (tertiary/aromatic N) is 4. The molecule has 2 aromatic heterocycles. The van der Waals surface area contributed by atoms with E-state index in [1.165, 1.54) is 5.56 Å². The number of benzene rings is 1. The van der Waals surface area contributed by atoms with Gasteiger partial charge in [0.15, 0.2) is 5.01 Å². The molecule has 27 heavy (non-hydrogen) atoms. The summed E-state index contributed by atoms with van der Waals surface area (Å²) in [6.07, 6.45) is 3.55. The van der Waals surface area contributed by atoms with Crippen molar-refractivity contribution in [1.29, 1.82) is 0 Å². The van der Waals surface area contributed by atoms with Crippen molar-refractivity contribution >= 4 is 39.8 Å². The first-order valence-corrected chi connectivity index (χ1v) is 10.5. The summed E-state index contributed by atoms with van der Waals surface area (Å²) in [5.41, 5.74) is 2.26. The molecule has 1 aliphatic heterocycles. The molecule has 0 atom stereocenters. The zero-order valence-corrected chi connectivity index (χ0v) is 16.7. The Morgan fingerprint density at radius 2 is 1.85 bits per heavy atom. The van der Waals surface area contributed by atoms with E-state index in [1.54, 1.807) is 28.7 Å². The molecule has 5 nitrogen and oxygen atoms in total. The molecule has 0 aliphatic carbocycles. The summed E-state index contributed by atoms with van der Waals surface area (Å²) in [4.78, 5) is 17.7. The largest absolute Gasteiger partial charge is 0.343 e. The molecule has 0 N–H and O–H groups in total. The second kappa shape index (κ2) is 8.02. The van der Waals surface area contributed by atoms with Gasteiger partial charge in [-0.3, -0.25) is 4.79 Å². The van der Waals surface area contributed by atoms with Crippen molar-refractivity contribution in [2.45, 2.75) is 6.92 Å². The van der Waals surface area contributed by atoms with Gasteiger partial charge in [-0.1, -0.05) is 47.2 Å². The van der Waals surface area contributed by atoms with Crippen LogP contribution in [0, 0.1) is 6.92 Å². The standard InChI is InChI=1S/C20H20N4OS2/c1-15-4-6-16(7-5-15)8-9-18(25)23-10-12-24(13-11-23)20-22-21-19(27-20)17-3-2-14-26-17/h2-9,14H,10-13H2,1H3/b9-8+. The van der Waals surface area contributed by atoms with Gasteiger partial charge in [0.2, 0.25) is 11.0 Å². The topological polar surface area (TPSA) is 49.3 Å². The lowest BCUT2D eigenvalue weighted by Gasteiger charge is -2.33. The predicted molar refractivity (Wildman–Crippen MR) is 112 cm³/mol. The molecule has 4 rings (SSSR count). The van der Waals surface area contributed by atoms with Gasteiger partial charge in [0.25, 0.3) is 0 Å². The first-order valence-electron chi connectivity index (χ1n) is 8.85. The average Bonchev–Trinajstić information content (AvgIpc) is 3.39. The van der Waals surface area contributed by atoms with Crippen LogP contribution in [0.15, 0.2) is 47.9 Å². The lowest BCUT2D eigenvalue weighted by molar-refractivity contribution is -0.126. The van der Waals surface area contributed by atoms with E-state index in [4.69, 9.17) is 0 Å².